The molecule has 1 heterocycles. The van der Waals surface area contributed by atoms with Crippen molar-refractivity contribution in [3.63, 3.8) is 0 Å². The molecule has 0 aliphatic rings. The van der Waals surface area contributed by atoms with E-state index in [-0.39, 0.29) is 0 Å². The van der Waals surface area contributed by atoms with Crippen molar-refractivity contribution in [3.05, 3.63) is 139 Å². The number of pyridine rings is 1. The van der Waals surface area contributed by atoms with Gasteiger partial charge in [0.2, 0.25) is 0 Å². The third kappa shape index (κ3) is 5.24. The highest BCUT2D eigenvalue weighted by atomic mass is 31.1. The average Bonchev–Trinajstić information content (AvgIpc) is 2.94. The molecule has 1 aromatic heterocycles. The Labute approximate surface area is 208 Å². The Hall–Kier alpha value is -4.00. The predicted molar refractivity (Wildman–Crippen MR) is 150 cm³/mol. The van der Waals surface area contributed by atoms with Crippen LogP contribution in [0.4, 0.5) is 0 Å². The minimum absolute atomic E-state index is 0.720. The van der Waals surface area contributed by atoms with Gasteiger partial charge in [-0.15, -0.1) is 0 Å². The minimum Gasteiger partial charge on any atom is -0.497 e. The highest BCUT2D eigenvalue weighted by molar-refractivity contribution is 7.80. The lowest BCUT2D eigenvalue weighted by Gasteiger charge is -2.23. The van der Waals surface area contributed by atoms with Gasteiger partial charge in [0.05, 0.1) is 7.11 Å². The van der Waals surface area contributed by atoms with Crippen molar-refractivity contribution >= 4 is 36.0 Å². The van der Waals surface area contributed by atoms with E-state index in [9.17, 15) is 0 Å². The quantitative estimate of drug-likeness (QED) is 0.247. The zero-order valence-electron chi connectivity index (χ0n) is 19.6. The van der Waals surface area contributed by atoms with Crippen LogP contribution in [0, 0.1) is 0 Å². The summed E-state index contributed by atoms with van der Waals surface area (Å²) in [5, 5.41) is 4.02. The lowest BCUT2D eigenvalue weighted by Crippen LogP contribution is -2.22. The van der Waals surface area contributed by atoms with Crippen LogP contribution in [0.25, 0.3) is 23.3 Å². The smallest absolute Gasteiger partial charge is 0.118 e. The van der Waals surface area contributed by atoms with Crippen molar-refractivity contribution in [2.75, 3.05) is 7.11 Å². The number of aromatic nitrogens is 1. The third-order valence-electron chi connectivity index (χ3n) is 5.89. The van der Waals surface area contributed by atoms with E-state index in [4.69, 9.17) is 4.74 Å². The number of methoxy groups -OCH3 is 1. The van der Waals surface area contributed by atoms with E-state index in [1.54, 1.807) is 7.11 Å². The van der Waals surface area contributed by atoms with Crippen LogP contribution in [0.2, 0.25) is 0 Å². The Morgan fingerprint density at radius 3 is 1.91 bits per heavy atom. The molecule has 0 fully saturated rings. The van der Waals surface area contributed by atoms with Crippen LogP contribution >= 0.6 is 7.92 Å². The maximum absolute atomic E-state index is 5.29. The molecule has 0 aliphatic heterocycles. The molecule has 0 atom stereocenters. The van der Waals surface area contributed by atoms with Crippen molar-refractivity contribution < 1.29 is 4.74 Å². The first-order valence-corrected chi connectivity index (χ1v) is 12.9. The van der Waals surface area contributed by atoms with Gasteiger partial charge in [0.1, 0.15) is 5.75 Å². The predicted octanol–water partition coefficient (Wildman–Crippen LogP) is 6.69. The topological polar surface area (TPSA) is 22.1 Å². The second kappa shape index (κ2) is 11.0. The van der Waals surface area contributed by atoms with Gasteiger partial charge in [-0.3, -0.25) is 4.98 Å². The molecular formula is C32H26NOP. The van der Waals surface area contributed by atoms with E-state index in [2.05, 4.69) is 120 Å². The molecule has 0 saturated heterocycles. The first kappa shape index (κ1) is 22.8. The van der Waals surface area contributed by atoms with Gasteiger partial charge in [0.25, 0.3) is 0 Å². The third-order valence-corrected chi connectivity index (χ3v) is 8.39. The van der Waals surface area contributed by atoms with Crippen LogP contribution < -0.4 is 20.7 Å². The van der Waals surface area contributed by atoms with Gasteiger partial charge in [-0.05, 0) is 58.7 Å². The Bertz CT molecular complexity index is 1370. The summed E-state index contributed by atoms with van der Waals surface area (Å²) < 4.78 is 5.29. The molecule has 0 amide bonds. The summed E-state index contributed by atoms with van der Waals surface area (Å²) in [5.41, 5.74) is 4.62. The monoisotopic (exact) mass is 471 g/mol. The number of hydrogen-bond acceptors (Lipinski definition) is 2. The maximum atomic E-state index is 5.29. The summed E-state index contributed by atoms with van der Waals surface area (Å²) in [6, 6.07) is 40.6. The van der Waals surface area contributed by atoms with Crippen molar-refractivity contribution in [2.45, 2.75) is 0 Å². The van der Waals surface area contributed by atoms with E-state index in [0.717, 1.165) is 16.9 Å². The first-order chi connectivity index (χ1) is 17.3. The van der Waals surface area contributed by atoms with E-state index >= 15 is 0 Å². The second-order valence-electron chi connectivity index (χ2n) is 8.09. The molecular weight excluding hydrogens is 445 g/mol. The van der Waals surface area contributed by atoms with Gasteiger partial charge >= 0.3 is 0 Å². The summed E-state index contributed by atoms with van der Waals surface area (Å²) >= 11 is 0. The van der Waals surface area contributed by atoms with Gasteiger partial charge in [-0.2, -0.15) is 0 Å². The van der Waals surface area contributed by atoms with Crippen molar-refractivity contribution in [3.8, 4) is 16.9 Å². The zero-order valence-corrected chi connectivity index (χ0v) is 20.5. The highest BCUT2D eigenvalue weighted by Crippen LogP contribution is 2.38. The molecule has 35 heavy (non-hydrogen) atoms. The van der Waals surface area contributed by atoms with E-state index in [1.807, 2.05) is 24.5 Å². The lowest BCUT2D eigenvalue weighted by atomic mass is 10.0. The molecule has 5 aromatic rings. The van der Waals surface area contributed by atoms with Crippen molar-refractivity contribution in [1.82, 2.24) is 4.98 Å². The minimum atomic E-state index is -0.720. The van der Waals surface area contributed by atoms with E-state index < -0.39 is 7.92 Å². The van der Waals surface area contributed by atoms with Gasteiger partial charge in [-0.1, -0.05) is 109 Å². The van der Waals surface area contributed by atoms with Crippen LogP contribution in [0.1, 0.15) is 11.1 Å². The Kier molecular flexibility index (Phi) is 7.13. The second-order valence-corrected chi connectivity index (χ2v) is 10.3. The summed E-state index contributed by atoms with van der Waals surface area (Å²) in [4.78, 5) is 4.44. The maximum Gasteiger partial charge on any atom is 0.118 e. The molecule has 0 N–H and O–H groups in total. The number of hydrogen-bond donors (Lipinski definition) is 0. The Balaban J connectivity index is 1.60. The van der Waals surface area contributed by atoms with Crippen LogP contribution in [0.3, 0.4) is 0 Å². The van der Waals surface area contributed by atoms with Crippen molar-refractivity contribution in [2.24, 2.45) is 0 Å². The normalized spacial score (nSPS) is 11.1. The molecule has 4 aromatic carbocycles. The molecule has 170 valence electrons. The fraction of sp³-hybridized carbons (Fsp3) is 0.0312. The van der Waals surface area contributed by atoms with E-state index in [0.29, 0.717) is 0 Å². The molecule has 3 heteroatoms. The fourth-order valence-electron chi connectivity index (χ4n) is 4.16. The van der Waals surface area contributed by atoms with Crippen LogP contribution in [-0.2, 0) is 0 Å². The number of ether oxygens (including phenoxy) is 1. The lowest BCUT2D eigenvalue weighted by molar-refractivity contribution is 0.415. The van der Waals surface area contributed by atoms with Gasteiger partial charge < -0.3 is 4.74 Å². The summed E-state index contributed by atoms with van der Waals surface area (Å²) in [6.45, 7) is 0. The highest BCUT2D eigenvalue weighted by Gasteiger charge is 2.20. The number of benzene rings is 4. The molecule has 0 spiro atoms. The molecule has 0 saturated carbocycles. The molecule has 0 aliphatic carbocycles. The van der Waals surface area contributed by atoms with E-state index in [1.165, 1.54) is 27.0 Å². The number of nitrogens with zero attached hydrogens (tertiary/aromatic N) is 1. The Morgan fingerprint density at radius 2 is 1.26 bits per heavy atom. The van der Waals surface area contributed by atoms with Gasteiger partial charge in [-0.25, -0.2) is 0 Å². The molecule has 5 rings (SSSR count). The largest absolute Gasteiger partial charge is 0.497 e. The summed E-state index contributed by atoms with van der Waals surface area (Å²) in [7, 11) is 0.964. The summed E-state index contributed by atoms with van der Waals surface area (Å²) in [5.74, 6) is 0.855. The number of rotatable bonds is 7. The zero-order chi connectivity index (χ0) is 23.9. The average molecular weight is 472 g/mol. The molecule has 0 radical (unpaired) electrons. The SMILES string of the molecule is COc1ccc(/C=C/c2cnccc2-c2ccccc2P(c2ccccc2)c2ccccc2)cc1. The Morgan fingerprint density at radius 1 is 0.629 bits per heavy atom. The molecule has 0 bridgehead atoms. The van der Waals surface area contributed by atoms with Crippen LogP contribution in [-0.4, -0.2) is 12.1 Å². The van der Waals surface area contributed by atoms with Crippen LogP contribution in [0.5, 0.6) is 5.75 Å². The standard InChI is InChI=1S/C32H26NOP/c1-34-27-20-17-25(18-21-27)16-19-26-24-33-23-22-30(26)31-14-8-9-15-32(31)35(28-10-4-2-5-11-28)29-12-6-3-7-13-29/h2-24H,1H3/b19-16+. The molecule has 0 unspecified atom stereocenters. The first-order valence-electron chi connectivity index (χ1n) is 11.6. The molecule has 2 nitrogen and oxygen atoms in total. The fourth-order valence-corrected chi connectivity index (χ4v) is 6.63. The van der Waals surface area contributed by atoms with Gasteiger partial charge in [0, 0.05) is 18.0 Å². The van der Waals surface area contributed by atoms with Crippen molar-refractivity contribution in [1.29, 1.82) is 0 Å². The van der Waals surface area contributed by atoms with Gasteiger partial charge in [0.15, 0.2) is 0 Å². The summed E-state index contributed by atoms with van der Waals surface area (Å²) in [6.07, 6.45) is 8.09. The van der Waals surface area contributed by atoms with Crippen LogP contribution in [0.15, 0.2) is 128 Å².